The molecule has 0 saturated carbocycles. The van der Waals surface area contributed by atoms with Gasteiger partial charge in [0.25, 0.3) is 5.91 Å². The molecule has 0 bridgehead atoms. The molecule has 2 aromatic carbocycles. The second-order valence-electron chi connectivity index (χ2n) is 5.94. The number of benzene rings is 2. The minimum Gasteiger partial charge on any atom is -0.467 e. The lowest BCUT2D eigenvalue weighted by molar-refractivity contribution is -0.146. The maximum absolute atomic E-state index is 12.6. The number of alkyl halides is 3. The number of amides is 1. The van der Waals surface area contributed by atoms with Gasteiger partial charge in [0.2, 0.25) is 0 Å². The van der Waals surface area contributed by atoms with Gasteiger partial charge in [-0.1, -0.05) is 40.2 Å². The van der Waals surface area contributed by atoms with E-state index in [0.29, 0.717) is 0 Å². The van der Waals surface area contributed by atoms with Crippen LogP contribution < -0.4 is 5.32 Å². The van der Waals surface area contributed by atoms with Crippen molar-refractivity contribution in [3.05, 3.63) is 69.7 Å². The van der Waals surface area contributed by atoms with Crippen LogP contribution in [0, 0.1) is 0 Å². The zero-order chi connectivity index (χ0) is 20.9. The molecule has 2 aromatic rings. The lowest BCUT2D eigenvalue weighted by Gasteiger charge is -2.19. The van der Waals surface area contributed by atoms with Gasteiger partial charge in [-0.2, -0.15) is 13.2 Å². The lowest BCUT2D eigenvalue weighted by atomic mass is 10.0. The summed E-state index contributed by atoms with van der Waals surface area (Å²) in [4.78, 5) is 24.3. The normalized spacial score (nSPS) is 13.5. The number of halogens is 4. The van der Waals surface area contributed by atoms with Gasteiger partial charge in [-0.05, 0) is 35.4 Å². The Balaban J connectivity index is 2.11. The molecule has 2 N–H and O–H groups in total. The Bertz CT molecular complexity index is 823. The first-order valence-corrected chi connectivity index (χ1v) is 8.89. The molecule has 0 aliphatic heterocycles. The van der Waals surface area contributed by atoms with Crippen LogP contribution in [0.2, 0.25) is 0 Å². The maximum Gasteiger partial charge on any atom is 0.416 e. The predicted octanol–water partition coefficient (Wildman–Crippen LogP) is 3.40. The zero-order valence-corrected chi connectivity index (χ0v) is 16.3. The van der Waals surface area contributed by atoms with Gasteiger partial charge in [-0.25, -0.2) is 4.79 Å². The zero-order valence-electron chi connectivity index (χ0n) is 14.7. The topological polar surface area (TPSA) is 75.6 Å². The number of hydrogen-bond acceptors (Lipinski definition) is 4. The fourth-order valence-corrected chi connectivity index (χ4v) is 2.71. The summed E-state index contributed by atoms with van der Waals surface area (Å²) in [5.41, 5.74) is -0.188. The minimum atomic E-state index is -4.52. The summed E-state index contributed by atoms with van der Waals surface area (Å²) in [5.74, 6) is -1.64. The molecular formula is C19H17BrF3NO4. The molecule has 28 heavy (non-hydrogen) atoms. The fraction of sp³-hybridized carbons (Fsp3) is 0.263. The Morgan fingerprint density at radius 1 is 1.11 bits per heavy atom. The van der Waals surface area contributed by atoms with E-state index in [4.69, 9.17) is 0 Å². The summed E-state index contributed by atoms with van der Waals surface area (Å²) in [5, 5.41) is 12.5. The Kier molecular flexibility index (Phi) is 7.20. The number of methoxy groups -OCH3 is 1. The summed E-state index contributed by atoms with van der Waals surface area (Å²) < 4.78 is 43.4. The van der Waals surface area contributed by atoms with Crippen molar-refractivity contribution in [2.45, 2.75) is 24.7 Å². The van der Waals surface area contributed by atoms with Crippen LogP contribution in [0.25, 0.3) is 0 Å². The van der Waals surface area contributed by atoms with E-state index in [-0.39, 0.29) is 12.0 Å². The molecule has 0 aliphatic carbocycles. The van der Waals surface area contributed by atoms with Crippen LogP contribution in [0.4, 0.5) is 13.2 Å². The van der Waals surface area contributed by atoms with Crippen molar-refractivity contribution in [3.63, 3.8) is 0 Å². The van der Waals surface area contributed by atoms with Crippen LogP contribution in [0.15, 0.2) is 53.0 Å². The average molecular weight is 460 g/mol. The smallest absolute Gasteiger partial charge is 0.416 e. The Labute approximate surface area is 167 Å². The number of aliphatic hydroxyl groups excluding tert-OH is 1. The van der Waals surface area contributed by atoms with Gasteiger partial charge in [0.15, 0.2) is 6.10 Å². The third-order valence-corrected chi connectivity index (χ3v) is 4.49. The van der Waals surface area contributed by atoms with E-state index >= 15 is 0 Å². The van der Waals surface area contributed by atoms with Gasteiger partial charge >= 0.3 is 12.1 Å². The summed E-state index contributed by atoms with van der Waals surface area (Å²) in [6.07, 6.45) is -6.14. The molecule has 0 spiro atoms. The van der Waals surface area contributed by atoms with Gasteiger partial charge in [0.1, 0.15) is 6.04 Å². The summed E-state index contributed by atoms with van der Waals surface area (Å²) in [7, 11) is 1.16. The molecule has 0 radical (unpaired) electrons. The van der Waals surface area contributed by atoms with Crippen LogP contribution >= 0.6 is 15.9 Å². The molecule has 5 nitrogen and oxygen atoms in total. The number of carbonyl (C=O) groups excluding carboxylic acids is 2. The Morgan fingerprint density at radius 2 is 1.68 bits per heavy atom. The molecule has 9 heteroatoms. The number of aliphatic hydroxyl groups is 1. The molecule has 2 atom stereocenters. The molecule has 0 saturated heterocycles. The van der Waals surface area contributed by atoms with Crippen LogP contribution in [0.3, 0.4) is 0 Å². The first-order chi connectivity index (χ1) is 13.1. The van der Waals surface area contributed by atoms with Crippen molar-refractivity contribution in [1.29, 1.82) is 0 Å². The number of carbonyl (C=O) groups is 2. The van der Waals surface area contributed by atoms with E-state index in [1.54, 1.807) is 24.3 Å². The highest BCUT2D eigenvalue weighted by Crippen LogP contribution is 2.30. The van der Waals surface area contributed by atoms with Gasteiger partial charge in [0, 0.05) is 10.9 Å². The minimum absolute atomic E-state index is 0.0299. The van der Waals surface area contributed by atoms with Crippen LogP contribution in [-0.4, -0.2) is 30.1 Å². The van der Waals surface area contributed by atoms with Crippen molar-refractivity contribution in [2.24, 2.45) is 0 Å². The largest absolute Gasteiger partial charge is 0.467 e. The van der Waals surface area contributed by atoms with Crippen molar-refractivity contribution < 1.29 is 32.6 Å². The number of hydrogen-bond donors (Lipinski definition) is 2. The SMILES string of the molecule is COC(=O)[C@H](Cc1ccc(Br)cc1)NC(=O)[C@H](O)c1ccc(C(F)(F)F)cc1. The lowest BCUT2D eigenvalue weighted by Crippen LogP contribution is -2.45. The third-order valence-electron chi connectivity index (χ3n) is 3.96. The van der Waals surface area contributed by atoms with Gasteiger partial charge in [0.05, 0.1) is 12.7 Å². The number of ether oxygens (including phenoxy) is 1. The number of nitrogens with one attached hydrogen (secondary N) is 1. The van der Waals surface area contributed by atoms with Gasteiger partial charge in [-0.15, -0.1) is 0 Å². The monoisotopic (exact) mass is 459 g/mol. The van der Waals surface area contributed by atoms with Gasteiger partial charge in [-0.3, -0.25) is 4.79 Å². The second kappa shape index (κ2) is 9.20. The standard InChI is InChI=1S/C19H17BrF3NO4/c1-28-18(27)15(10-11-2-8-14(20)9-3-11)24-17(26)16(25)12-4-6-13(7-5-12)19(21,22)23/h2-9,15-16,25H,10H2,1H3,(H,24,26)/t15-,16+/m0/s1. The Morgan fingerprint density at radius 3 is 2.18 bits per heavy atom. The quantitative estimate of drug-likeness (QED) is 0.649. The van der Waals surface area contributed by atoms with Crippen molar-refractivity contribution in [2.75, 3.05) is 7.11 Å². The fourth-order valence-electron chi connectivity index (χ4n) is 2.45. The molecule has 0 fully saturated rings. The van der Waals surface area contributed by atoms with Crippen molar-refractivity contribution in [3.8, 4) is 0 Å². The van der Waals surface area contributed by atoms with E-state index in [1.807, 2.05) is 0 Å². The first-order valence-electron chi connectivity index (χ1n) is 8.09. The highest BCUT2D eigenvalue weighted by atomic mass is 79.9. The van der Waals surface area contributed by atoms with E-state index in [9.17, 15) is 27.9 Å². The molecular weight excluding hydrogens is 443 g/mol. The van der Waals surface area contributed by atoms with E-state index < -0.39 is 35.8 Å². The summed E-state index contributed by atoms with van der Waals surface area (Å²) in [6, 6.07) is 9.52. The predicted molar refractivity (Wildman–Crippen MR) is 98.2 cm³/mol. The molecule has 1 amide bonds. The molecule has 2 rings (SSSR count). The van der Waals surface area contributed by atoms with Gasteiger partial charge < -0.3 is 15.2 Å². The third kappa shape index (κ3) is 5.80. The molecule has 0 aliphatic rings. The highest BCUT2D eigenvalue weighted by Gasteiger charge is 2.31. The summed E-state index contributed by atoms with van der Waals surface area (Å²) >= 11 is 3.29. The van der Waals surface area contributed by atoms with Crippen molar-refractivity contribution >= 4 is 27.8 Å². The molecule has 0 aromatic heterocycles. The molecule has 150 valence electrons. The maximum atomic E-state index is 12.6. The highest BCUT2D eigenvalue weighted by molar-refractivity contribution is 9.10. The van der Waals surface area contributed by atoms with E-state index in [1.165, 1.54) is 0 Å². The van der Waals surface area contributed by atoms with Crippen LogP contribution in [-0.2, 0) is 26.9 Å². The van der Waals surface area contributed by atoms with E-state index in [2.05, 4.69) is 26.0 Å². The molecule has 0 heterocycles. The molecule has 0 unspecified atom stereocenters. The average Bonchev–Trinajstić information content (AvgIpc) is 2.67. The van der Waals surface area contributed by atoms with Crippen LogP contribution in [0.1, 0.15) is 22.8 Å². The van der Waals surface area contributed by atoms with Crippen molar-refractivity contribution in [1.82, 2.24) is 5.32 Å². The first kappa shape index (κ1) is 21.9. The van der Waals surface area contributed by atoms with Crippen LogP contribution in [0.5, 0.6) is 0 Å². The van der Waals surface area contributed by atoms with E-state index in [0.717, 1.165) is 41.4 Å². The number of rotatable bonds is 6. The number of esters is 1. The summed E-state index contributed by atoms with van der Waals surface area (Å²) in [6.45, 7) is 0. The Hall–Kier alpha value is -2.39. The second-order valence-corrected chi connectivity index (χ2v) is 6.85.